The smallest absolute Gasteiger partial charge is 0.407 e. The summed E-state index contributed by atoms with van der Waals surface area (Å²) in [6.45, 7) is 9.61. The van der Waals surface area contributed by atoms with Gasteiger partial charge in [0.15, 0.2) is 0 Å². The van der Waals surface area contributed by atoms with Crippen molar-refractivity contribution < 1.29 is 33.4 Å². The lowest BCUT2D eigenvalue weighted by Gasteiger charge is -2.30. The molecule has 0 radical (unpaired) electrons. The lowest BCUT2D eigenvalue weighted by atomic mass is 9.99. The Balaban J connectivity index is 0.989. The van der Waals surface area contributed by atoms with Gasteiger partial charge in [0.1, 0.15) is 23.7 Å². The van der Waals surface area contributed by atoms with Crippen LogP contribution in [0.1, 0.15) is 96.4 Å². The molecule has 5 aromatic rings. The highest BCUT2D eigenvalue weighted by molar-refractivity contribution is 6.05. The van der Waals surface area contributed by atoms with E-state index in [1.54, 1.807) is 4.90 Å². The second-order valence-corrected chi connectivity index (χ2v) is 17.5. The van der Waals surface area contributed by atoms with Gasteiger partial charge in [0.2, 0.25) is 11.8 Å². The third-order valence-electron chi connectivity index (χ3n) is 12.5. The Kier molecular flexibility index (Phi) is 12.8. The van der Waals surface area contributed by atoms with Crippen LogP contribution in [0.2, 0.25) is 0 Å². The second kappa shape index (κ2) is 18.6. The van der Waals surface area contributed by atoms with Gasteiger partial charge in [0.25, 0.3) is 0 Å². The van der Waals surface area contributed by atoms with Crippen LogP contribution in [0, 0.1) is 11.8 Å². The molecular weight excluding hydrogens is 789 g/mol. The van der Waals surface area contributed by atoms with Crippen molar-refractivity contribution in [1.29, 1.82) is 0 Å². The van der Waals surface area contributed by atoms with Gasteiger partial charge in [0, 0.05) is 31.5 Å². The molecule has 15 heteroatoms. The number of aromatic nitrogens is 4. The molecule has 0 saturated carbocycles. The predicted octanol–water partition coefficient (Wildman–Crippen LogP) is 7.80. The number of hydrogen-bond donors (Lipinski definition) is 4. The first kappa shape index (κ1) is 42.7. The minimum Gasteiger partial charge on any atom is -0.453 e. The van der Waals surface area contributed by atoms with E-state index in [0.717, 1.165) is 88.5 Å². The molecule has 5 heterocycles. The number of cyclic esters (lactones) is 1. The zero-order valence-electron chi connectivity index (χ0n) is 36.2. The van der Waals surface area contributed by atoms with Gasteiger partial charge in [-0.3, -0.25) is 9.59 Å². The molecule has 3 aliphatic heterocycles. The molecule has 328 valence electrons. The predicted molar refractivity (Wildman–Crippen MR) is 235 cm³/mol. The number of hydrogen-bond acceptors (Lipinski definition) is 9. The van der Waals surface area contributed by atoms with Crippen molar-refractivity contribution in [2.45, 2.75) is 103 Å². The molecule has 2 aromatic heterocycles. The van der Waals surface area contributed by atoms with Crippen LogP contribution >= 0.6 is 0 Å². The van der Waals surface area contributed by atoms with E-state index in [2.05, 4.69) is 69.1 Å². The fourth-order valence-corrected chi connectivity index (χ4v) is 9.10. The molecule has 4 amide bonds. The highest BCUT2D eigenvalue weighted by Crippen LogP contribution is 2.37. The van der Waals surface area contributed by atoms with Crippen molar-refractivity contribution in [2.24, 2.45) is 11.8 Å². The summed E-state index contributed by atoms with van der Waals surface area (Å²) >= 11 is 0. The van der Waals surface area contributed by atoms with E-state index in [1.165, 1.54) is 7.11 Å². The highest BCUT2D eigenvalue weighted by Gasteiger charge is 2.42. The first-order chi connectivity index (χ1) is 30.0. The summed E-state index contributed by atoms with van der Waals surface area (Å²) in [5, 5.41) is 7.61. The number of alkyl carbamates (subject to hydrolysis) is 2. The standard InChI is InChI=1S/C47H58N8O7/c1-27(2)39(52-46(58)60-5)44(56)54-20-10-11-37(54)43-49-35-19-17-32-23-31(16-18-34(32)41(35)51-43)29-12-14-30(15-13-29)36-25-48-42(50-36)38-24-33-26-55(38)45(57)40(28(3)4)53-47(59)62-22-9-7-6-8-21-61-33/h12-19,23,25,27-28,33,37-40H,6-11,20-22,24,26H2,1-5H3,(H,48,50)(H,49,51)(H,52,58)(H,53,59)/t33-,37+,38+,39+,40+/m1/s1. The molecule has 3 saturated heterocycles. The van der Waals surface area contributed by atoms with Crippen LogP contribution in [0.4, 0.5) is 9.59 Å². The number of imidazole rings is 2. The van der Waals surface area contributed by atoms with Crippen LogP contribution in [-0.4, -0.2) is 105 Å². The van der Waals surface area contributed by atoms with Crippen LogP contribution in [0.15, 0.2) is 60.8 Å². The number of rotatable bonds is 8. The average Bonchev–Trinajstić information content (AvgIpc) is 4.10. The Bertz CT molecular complexity index is 2410. The third-order valence-corrected chi connectivity index (χ3v) is 12.5. The molecule has 4 N–H and O–H groups in total. The monoisotopic (exact) mass is 846 g/mol. The number of methoxy groups -OCH3 is 1. The Morgan fingerprint density at radius 2 is 1.63 bits per heavy atom. The normalized spacial score (nSPS) is 22.1. The number of aromatic amines is 2. The summed E-state index contributed by atoms with van der Waals surface area (Å²) in [7, 11) is 1.29. The number of carbonyl (C=O) groups is 4. The van der Waals surface area contributed by atoms with Crippen molar-refractivity contribution in [2.75, 3.05) is 33.4 Å². The van der Waals surface area contributed by atoms with Gasteiger partial charge in [-0.2, -0.15) is 0 Å². The van der Waals surface area contributed by atoms with Crippen molar-refractivity contribution in [3.05, 3.63) is 72.4 Å². The third kappa shape index (κ3) is 8.99. The van der Waals surface area contributed by atoms with Crippen LogP contribution in [0.5, 0.6) is 0 Å². The van der Waals surface area contributed by atoms with Crippen molar-refractivity contribution in [1.82, 2.24) is 40.4 Å². The molecule has 2 bridgehead atoms. The van der Waals surface area contributed by atoms with Gasteiger partial charge >= 0.3 is 12.2 Å². The number of ether oxygens (including phenoxy) is 3. The minimum atomic E-state index is -0.740. The summed E-state index contributed by atoms with van der Waals surface area (Å²) in [5.41, 5.74) is 5.66. The molecule has 0 spiro atoms. The number of carbonyl (C=O) groups excluding carboxylic acids is 4. The number of benzene rings is 3. The van der Waals surface area contributed by atoms with Crippen molar-refractivity contribution in [3.8, 4) is 22.4 Å². The van der Waals surface area contributed by atoms with Gasteiger partial charge in [-0.15, -0.1) is 0 Å². The zero-order valence-corrected chi connectivity index (χ0v) is 36.2. The Morgan fingerprint density at radius 3 is 2.39 bits per heavy atom. The maximum Gasteiger partial charge on any atom is 0.407 e. The van der Waals surface area contributed by atoms with Gasteiger partial charge in [0.05, 0.1) is 54.8 Å². The molecular formula is C47H58N8O7. The number of H-pyrrole nitrogens is 2. The summed E-state index contributed by atoms with van der Waals surface area (Å²) in [6, 6.07) is 16.8. The summed E-state index contributed by atoms with van der Waals surface area (Å²) in [5.74, 6) is 0.844. The van der Waals surface area contributed by atoms with Gasteiger partial charge in [-0.05, 0) is 78.1 Å². The quantitative estimate of drug-likeness (QED) is 0.121. The van der Waals surface area contributed by atoms with E-state index in [0.29, 0.717) is 38.5 Å². The lowest BCUT2D eigenvalue weighted by Crippen LogP contribution is -2.51. The fourth-order valence-electron chi connectivity index (χ4n) is 9.10. The van der Waals surface area contributed by atoms with E-state index in [9.17, 15) is 19.2 Å². The summed E-state index contributed by atoms with van der Waals surface area (Å²) < 4.78 is 16.5. The molecule has 0 aliphatic carbocycles. The molecule has 15 nitrogen and oxygen atoms in total. The van der Waals surface area contributed by atoms with Gasteiger partial charge in [-0.25, -0.2) is 19.6 Å². The van der Waals surface area contributed by atoms with Crippen LogP contribution in [-0.2, 0) is 23.8 Å². The SMILES string of the molecule is COC(=O)N[C@H](C(=O)N1CCC[C@H]1c1nc2c(ccc3cc(-c4ccc(-c5cnc([C@@H]6C[C@@H]7CN6C(=O)[C@H](C(C)C)NC(=O)OCCCCCCO7)[nH]5)cc4)ccc32)[nH]1)C(C)C. The second-order valence-electron chi connectivity index (χ2n) is 17.5. The summed E-state index contributed by atoms with van der Waals surface area (Å²) in [4.78, 5) is 73.0. The molecule has 0 unspecified atom stereocenters. The first-order valence-electron chi connectivity index (χ1n) is 22.1. The zero-order chi connectivity index (χ0) is 43.5. The Morgan fingerprint density at radius 1 is 0.871 bits per heavy atom. The van der Waals surface area contributed by atoms with E-state index in [-0.39, 0.29) is 41.8 Å². The minimum absolute atomic E-state index is 0.115. The summed E-state index contributed by atoms with van der Waals surface area (Å²) in [6.07, 6.45) is 6.33. The van der Waals surface area contributed by atoms with E-state index in [4.69, 9.17) is 24.2 Å². The maximum absolute atomic E-state index is 14.1. The largest absolute Gasteiger partial charge is 0.453 e. The number of amides is 4. The topological polar surface area (TPSA) is 184 Å². The Hall–Kier alpha value is -5.96. The highest BCUT2D eigenvalue weighted by atomic mass is 16.5. The molecule has 3 aromatic carbocycles. The van der Waals surface area contributed by atoms with Crippen molar-refractivity contribution in [3.63, 3.8) is 0 Å². The fraction of sp³-hybridized carbons (Fsp3) is 0.489. The molecule has 3 aliphatic rings. The first-order valence-corrected chi connectivity index (χ1v) is 22.1. The van der Waals surface area contributed by atoms with E-state index >= 15 is 0 Å². The average molecular weight is 847 g/mol. The van der Waals surface area contributed by atoms with Gasteiger partial charge < -0.3 is 44.6 Å². The lowest BCUT2D eigenvalue weighted by molar-refractivity contribution is -0.136. The molecule has 8 rings (SSSR count). The van der Waals surface area contributed by atoms with E-state index in [1.807, 2.05) is 44.9 Å². The van der Waals surface area contributed by atoms with Crippen molar-refractivity contribution >= 4 is 45.8 Å². The number of nitrogens with one attached hydrogen (secondary N) is 4. The number of likely N-dealkylation sites (tertiary alicyclic amines) is 1. The van der Waals surface area contributed by atoms with Crippen LogP contribution in [0.3, 0.4) is 0 Å². The van der Waals surface area contributed by atoms with E-state index < -0.39 is 24.3 Å². The maximum atomic E-state index is 14.1. The molecule has 62 heavy (non-hydrogen) atoms. The molecule has 5 atom stereocenters. The van der Waals surface area contributed by atoms with Crippen LogP contribution < -0.4 is 10.6 Å². The van der Waals surface area contributed by atoms with Crippen LogP contribution in [0.25, 0.3) is 44.2 Å². The molecule has 3 fully saturated rings. The number of fused-ring (bicyclic) bond motifs is 5. The Labute approximate surface area is 361 Å². The van der Waals surface area contributed by atoms with Gasteiger partial charge in [-0.1, -0.05) is 76.6 Å². The number of nitrogens with zero attached hydrogens (tertiary/aromatic N) is 4.